The molecular formula is C20H17ClFN5O2. The number of nitrogens with one attached hydrogen (secondary N) is 1. The van der Waals surface area contributed by atoms with Crippen LogP contribution in [0.5, 0.6) is 0 Å². The molecule has 7 nitrogen and oxygen atoms in total. The molecule has 0 spiro atoms. The van der Waals surface area contributed by atoms with Crippen LogP contribution in [-0.2, 0) is 4.79 Å². The largest absolute Gasteiger partial charge is 0.320 e. The second kappa shape index (κ2) is 7.63. The first-order valence-electron chi connectivity index (χ1n) is 9.03. The summed E-state index contributed by atoms with van der Waals surface area (Å²) in [5.74, 6) is -1.19. The molecule has 1 aliphatic heterocycles. The Hall–Kier alpha value is -3.26. The number of carbonyl (C=O) groups excluding carboxylic acids is 2. The quantitative estimate of drug-likeness (QED) is 0.706. The molecule has 3 aromatic rings. The highest BCUT2D eigenvalue weighted by atomic mass is 35.5. The Balaban J connectivity index is 1.54. The fourth-order valence-corrected chi connectivity index (χ4v) is 3.47. The molecule has 0 aliphatic carbocycles. The van der Waals surface area contributed by atoms with Gasteiger partial charge in [-0.2, -0.15) is 0 Å². The normalized spacial score (nSPS) is 13.8. The minimum atomic E-state index is -0.572. The second-order valence-electron chi connectivity index (χ2n) is 6.68. The van der Waals surface area contributed by atoms with E-state index in [-0.39, 0.29) is 23.0 Å². The van der Waals surface area contributed by atoms with Gasteiger partial charge >= 0.3 is 0 Å². The summed E-state index contributed by atoms with van der Waals surface area (Å²) in [6.07, 6.45) is 1.12. The molecule has 0 radical (unpaired) electrons. The Morgan fingerprint density at radius 1 is 1.24 bits per heavy atom. The van der Waals surface area contributed by atoms with Crippen molar-refractivity contribution in [2.75, 3.05) is 16.8 Å². The van der Waals surface area contributed by atoms with E-state index in [1.165, 1.54) is 21.7 Å². The first-order chi connectivity index (χ1) is 13.9. The summed E-state index contributed by atoms with van der Waals surface area (Å²) in [7, 11) is 0. The molecule has 2 amide bonds. The lowest BCUT2D eigenvalue weighted by atomic mass is 10.2. The standard InChI is InChI=1S/C20H17ClFN5O2/c1-12-19(24-25-27(12)15-5-2-4-13(21)10-15)20(29)23-14-7-8-17(16(22)11-14)26-9-3-6-18(26)28/h2,4-5,7-8,10-11H,3,6,9H2,1H3,(H,23,29). The smallest absolute Gasteiger partial charge is 0.278 e. The van der Waals surface area contributed by atoms with Gasteiger partial charge < -0.3 is 10.2 Å². The predicted molar refractivity (Wildman–Crippen MR) is 107 cm³/mol. The van der Waals surface area contributed by atoms with Crippen molar-refractivity contribution in [3.8, 4) is 5.69 Å². The lowest BCUT2D eigenvalue weighted by Crippen LogP contribution is -2.24. The van der Waals surface area contributed by atoms with Gasteiger partial charge in [-0.3, -0.25) is 9.59 Å². The highest BCUT2D eigenvalue weighted by Gasteiger charge is 2.24. The summed E-state index contributed by atoms with van der Waals surface area (Å²) in [6.45, 7) is 2.20. The summed E-state index contributed by atoms with van der Waals surface area (Å²) in [6, 6.07) is 11.2. The molecule has 1 saturated heterocycles. The summed E-state index contributed by atoms with van der Waals surface area (Å²) >= 11 is 6.01. The zero-order chi connectivity index (χ0) is 20.5. The van der Waals surface area contributed by atoms with Crippen LogP contribution in [0.4, 0.5) is 15.8 Å². The van der Waals surface area contributed by atoms with Crippen LogP contribution in [-0.4, -0.2) is 33.4 Å². The Labute approximate surface area is 171 Å². The van der Waals surface area contributed by atoms with Gasteiger partial charge in [-0.1, -0.05) is 22.9 Å². The summed E-state index contributed by atoms with van der Waals surface area (Å²) in [5.41, 5.74) is 1.79. The molecule has 2 heterocycles. The third kappa shape index (κ3) is 3.71. The SMILES string of the molecule is Cc1c(C(=O)Nc2ccc(N3CCCC3=O)c(F)c2)nnn1-c1cccc(Cl)c1. The number of carbonyl (C=O) groups is 2. The molecule has 1 aliphatic rings. The van der Waals surface area contributed by atoms with Crippen LogP contribution in [0.15, 0.2) is 42.5 Å². The number of halogens is 2. The maximum Gasteiger partial charge on any atom is 0.278 e. The minimum Gasteiger partial charge on any atom is -0.320 e. The maximum absolute atomic E-state index is 14.5. The number of benzene rings is 2. The van der Waals surface area contributed by atoms with E-state index in [2.05, 4.69) is 15.6 Å². The monoisotopic (exact) mass is 413 g/mol. The molecule has 0 bridgehead atoms. The van der Waals surface area contributed by atoms with Crippen LogP contribution in [0.1, 0.15) is 29.0 Å². The van der Waals surface area contributed by atoms with Crippen molar-refractivity contribution < 1.29 is 14.0 Å². The van der Waals surface area contributed by atoms with E-state index in [4.69, 9.17) is 11.6 Å². The summed E-state index contributed by atoms with van der Waals surface area (Å²) in [5, 5.41) is 11.1. The van der Waals surface area contributed by atoms with Crippen LogP contribution in [0.25, 0.3) is 5.69 Å². The molecule has 0 unspecified atom stereocenters. The number of amides is 2. The molecule has 9 heteroatoms. The molecule has 0 atom stereocenters. The van der Waals surface area contributed by atoms with E-state index >= 15 is 0 Å². The molecular weight excluding hydrogens is 397 g/mol. The van der Waals surface area contributed by atoms with Gasteiger partial charge in [0.25, 0.3) is 5.91 Å². The number of nitrogens with zero attached hydrogens (tertiary/aromatic N) is 4. The Morgan fingerprint density at radius 3 is 2.76 bits per heavy atom. The van der Waals surface area contributed by atoms with E-state index in [9.17, 15) is 14.0 Å². The fourth-order valence-electron chi connectivity index (χ4n) is 3.29. The van der Waals surface area contributed by atoms with Gasteiger partial charge in [0.2, 0.25) is 5.91 Å². The van der Waals surface area contributed by atoms with Crippen molar-refractivity contribution in [2.24, 2.45) is 0 Å². The van der Waals surface area contributed by atoms with Crippen LogP contribution < -0.4 is 10.2 Å². The minimum absolute atomic E-state index is 0.103. The second-order valence-corrected chi connectivity index (χ2v) is 7.12. The third-order valence-corrected chi connectivity index (χ3v) is 4.97. The lowest BCUT2D eigenvalue weighted by molar-refractivity contribution is -0.117. The molecule has 1 N–H and O–H groups in total. The van der Waals surface area contributed by atoms with Crippen molar-refractivity contribution >= 4 is 34.8 Å². The van der Waals surface area contributed by atoms with Gasteiger partial charge in [-0.15, -0.1) is 5.10 Å². The summed E-state index contributed by atoms with van der Waals surface area (Å²) < 4.78 is 16.0. The zero-order valence-electron chi connectivity index (χ0n) is 15.5. The van der Waals surface area contributed by atoms with Crippen molar-refractivity contribution in [1.82, 2.24) is 15.0 Å². The maximum atomic E-state index is 14.5. The van der Waals surface area contributed by atoms with Gasteiger partial charge in [0.1, 0.15) is 5.82 Å². The van der Waals surface area contributed by atoms with Gasteiger partial charge in [0, 0.05) is 23.7 Å². The van der Waals surface area contributed by atoms with Crippen molar-refractivity contribution in [1.29, 1.82) is 0 Å². The number of hydrogen-bond acceptors (Lipinski definition) is 4. The van der Waals surface area contributed by atoms with E-state index in [0.717, 1.165) is 0 Å². The van der Waals surface area contributed by atoms with Gasteiger partial charge in [-0.05, 0) is 49.7 Å². The molecule has 4 rings (SSSR count). The number of rotatable bonds is 4. The van der Waals surface area contributed by atoms with Gasteiger partial charge in [0.15, 0.2) is 5.69 Å². The third-order valence-electron chi connectivity index (χ3n) is 4.73. The van der Waals surface area contributed by atoms with E-state index in [0.29, 0.717) is 35.8 Å². The van der Waals surface area contributed by atoms with Crippen LogP contribution in [0.3, 0.4) is 0 Å². The first kappa shape index (κ1) is 19.1. The van der Waals surface area contributed by atoms with E-state index in [1.54, 1.807) is 37.3 Å². The molecule has 0 saturated carbocycles. The van der Waals surface area contributed by atoms with E-state index in [1.807, 2.05) is 0 Å². The molecule has 2 aromatic carbocycles. The van der Waals surface area contributed by atoms with Crippen molar-refractivity contribution in [3.05, 3.63) is 64.7 Å². The number of anilines is 2. The van der Waals surface area contributed by atoms with Crippen molar-refractivity contribution in [3.63, 3.8) is 0 Å². The Morgan fingerprint density at radius 2 is 2.07 bits per heavy atom. The number of aromatic nitrogens is 3. The van der Waals surface area contributed by atoms with Crippen molar-refractivity contribution in [2.45, 2.75) is 19.8 Å². The predicted octanol–water partition coefficient (Wildman–Crippen LogP) is 3.75. The molecule has 1 fully saturated rings. The van der Waals surface area contributed by atoms with Crippen LogP contribution in [0.2, 0.25) is 5.02 Å². The van der Waals surface area contributed by atoms with E-state index < -0.39 is 11.7 Å². The van der Waals surface area contributed by atoms with Crippen LogP contribution in [0, 0.1) is 12.7 Å². The summed E-state index contributed by atoms with van der Waals surface area (Å²) in [4.78, 5) is 25.8. The Bertz CT molecular complexity index is 1110. The molecule has 1 aromatic heterocycles. The van der Waals surface area contributed by atoms with Gasteiger partial charge in [0.05, 0.1) is 17.1 Å². The Kier molecular flexibility index (Phi) is 5.02. The highest BCUT2D eigenvalue weighted by Crippen LogP contribution is 2.27. The average Bonchev–Trinajstić information content (AvgIpc) is 3.27. The highest BCUT2D eigenvalue weighted by molar-refractivity contribution is 6.30. The topological polar surface area (TPSA) is 80.1 Å². The fraction of sp³-hybridized carbons (Fsp3) is 0.200. The lowest BCUT2D eigenvalue weighted by Gasteiger charge is -2.17. The van der Waals surface area contributed by atoms with Gasteiger partial charge in [-0.25, -0.2) is 9.07 Å². The first-order valence-corrected chi connectivity index (χ1v) is 9.41. The zero-order valence-corrected chi connectivity index (χ0v) is 16.3. The number of hydrogen-bond donors (Lipinski definition) is 1. The molecule has 148 valence electrons. The molecule has 29 heavy (non-hydrogen) atoms. The average molecular weight is 414 g/mol. The van der Waals surface area contributed by atoms with Crippen LogP contribution >= 0.6 is 11.6 Å².